The molecule has 0 spiro atoms. The largest absolute Gasteiger partial charge is 0.384 e. The Morgan fingerprint density at radius 3 is 2.33 bits per heavy atom. The second kappa shape index (κ2) is 4.04. The maximum atomic E-state index is 5.74. The molecule has 3 N–H and O–H groups in total. The van der Waals surface area contributed by atoms with Crippen molar-refractivity contribution in [3.05, 3.63) is 11.9 Å². The fourth-order valence-electron chi connectivity index (χ4n) is 1.17. The Morgan fingerprint density at radius 2 is 1.87 bits per heavy atom. The molecular formula is C11H20N4. The van der Waals surface area contributed by atoms with Crippen LogP contribution < -0.4 is 11.1 Å². The summed E-state index contributed by atoms with van der Waals surface area (Å²) in [6, 6.07) is 2.10. The van der Waals surface area contributed by atoms with Crippen molar-refractivity contribution in [1.82, 2.24) is 9.97 Å². The van der Waals surface area contributed by atoms with E-state index in [4.69, 9.17) is 5.73 Å². The Bertz CT molecular complexity index is 339. The van der Waals surface area contributed by atoms with Crippen LogP contribution >= 0.6 is 0 Å². The lowest BCUT2D eigenvalue weighted by molar-refractivity contribution is 0.546. The zero-order valence-corrected chi connectivity index (χ0v) is 10.1. The highest BCUT2D eigenvalue weighted by atomic mass is 15.1. The van der Waals surface area contributed by atoms with E-state index in [1.807, 2.05) is 0 Å². The highest BCUT2D eigenvalue weighted by Gasteiger charge is 2.18. The van der Waals surface area contributed by atoms with E-state index in [0.717, 1.165) is 11.6 Å². The molecule has 0 unspecified atom stereocenters. The van der Waals surface area contributed by atoms with Crippen LogP contribution in [0.4, 0.5) is 11.6 Å². The molecule has 0 radical (unpaired) electrons. The molecule has 0 saturated carbocycles. The number of nitrogens with zero attached hydrogens (tertiary/aromatic N) is 2. The van der Waals surface area contributed by atoms with Gasteiger partial charge in [-0.15, -0.1) is 0 Å². The van der Waals surface area contributed by atoms with E-state index in [1.54, 1.807) is 6.07 Å². The summed E-state index contributed by atoms with van der Waals surface area (Å²) in [6.07, 6.45) is 0. The molecular weight excluding hydrogens is 188 g/mol. The Labute approximate surface area is 91.3 Å². The van der Waals surface area contributed by atoms with E-state index >= 15 is 0 Å². The van der Waals surface area contributed by atoms with E-state index in [-0.39, 0.29) is 5.41 Å². The number of nitrogens with one attached hydrogen (secondary N) is 1. The molecule has 0 aromatic carbocycles. The van der Waals surface area contributed by atoms with E-state index in [9.17, 15) is 0 Å². The second-order valence-electron chi connectivity index (χ2n) is 5.05. The maximum absolute atomic E-state index is 5.74. The standard InChI is InChI=1S/C11H20N4/c1-7(2)13-9-6-8(12)14-10(15-9)11(3,4)5/h6-7H,1-5H3,(H3,12,13,14,15). The smallest absolute Gasteiger partial charge is 0.138 e. The van der Waals surface area contributed by atoms with Gasteiger partial charge in [0, 0.05) is 17.5 Å². The van der Waals surface area contributed by atoms with Crippen LogP contribution in [0, 0.1) is 0 Å². The summed E-state index contributed by atoms with van der Waals surface area (Å²) in [7, 11) is 0. The molecule has 0 fully saturated rings. The molecule has 1 rings (SSSR count). The van der Waals surface area contributed by atoms with Gasteiger partial charge in [0.25, 0.3) is 0 Å². The first-order valence-electron chi connectivity index (χ1n) is 5.20. The van der Waals surface area contributed by atoms with Crippen LogP contribution in [-0.4, -0.2) is 16.0 Å². The lowest BCUT2D eigenvalue weighted by Gasteiger charge is -2.18. The summed E-state index contributed by atoms with van der Waals surface area (Å²) < 4.78 is 0. The zero-order valence-electron chi connectivity index (χ0n) is 10.1. The molecule has 1 heterocycles. The highest BCUT2D eigenvalue weighted by Crippen LogP contribution is 2.21. The van der Waals surface area contributed by atoms with Crippen LogP contribution in [0.15, 0.2) is 6.07 Å². The van der Waals surface area contributed by atoms with Crippen LogP contribution in [-0.2, 0) is 5.41 Å². The molecule has 0 amide bonds. The van der Waals surface area contributed by atoms with Crippen molar-refractivity contribution in [2.75, 3.05) is 11.1 Å². The third-order valence-electron chi connectivity index (χ3n) is 1.85. The minimum atomic E-state index is -0.0806. The maximum Gasteiger partial charge on any atom is 0.138 e. The molecule has 15 heavy (non-hydrogen) atoms. The Balaban J connectivity index is 3.06. The van der Waals surface area contributed by atoms with Crippen molar-refractivity contribution < 1.29 is 0 Å². The summed E-state index contributed by atoms with van der Waals surface area (Å²) in [4.78, 5) is 8.68. The molecule has 1 aromatic heterocycles. The van der Waals surface area contributed by atoms with E-state index in [0.29, 0.717) is 11.9 Å². The van der Waals surface area contributed by atoms with Gasteiger partial charge >= 0.3 is 0 Å². The van der Waals surface area contributed by atoms with Crippen molar-refractivity contribution in [1.29, 1.82) is 0 Å². The topological polar surface area (TPSA) is 63.8 Å². The third kappa shape index (κ3) is 3.38. The summed E-state index contributed by atoms with van der Waals surface area (Å²) in [5.74, 6) is 2.08. The molecule has 0 aliphatic carbocycles. The lowest BCUT2D eigenvalue weighted by Crippen LogP contribution is -2.19. The third-order valence-corrected chi connectivity index (χ3v) is 1.85. The number of nitrogen functional groups attached to an aromatic ring is 1. The van der Waals surface area contributed by atoms with Crippen molar-refractivity contribution in [2.24, 2.45) is 0 Å². The average Bonchev–Trinajstić information content (AvgIpc) is 1.99. The molecule has 0 aliphatic heterocycles. The van der Waals surface area contributed by atoms with Crippen molar-refractivity contribution in [2.45, 2.75) is 46.1 Å². The molecule has 1 aromatic rings. The summed E-state index contributed by atoms with van der Waals surface area (Å²) >= 11 is 0. The molecule has 84 valence electrons. The van der Waals surface area contributed by atoms with E-state index in [2.05, 4.69) is 49.9 Å². The van der Waals surface area contributed by atoms with Crippen LogP contribution in [0.2, 0.25) is 0 Å². The molecule has 0 aliphatic rings. The first kappa shape index (κ1) is 11.8. The molecule has 0 saturated heterocycles. The van der Waals surface area contributed by atoms with Gasteiger partial charge in [-0.3, -0.25) is 0 Å². The summed E-state index contributed by atoms with van der Waals surface area (Å²) in [5, 5.41) is 3.23. The van der Waals surface area contributed by atoms with Crippen LogP contribution in [0.25, 0.3) is 0 Å². The number of rotatable bonds is 2. The van der Waals surface area contributed by atoms with Gasteiger partial charge in [-0.2, -0.15) is 0 Å². The van der Waals surface area contributed by atoms with Gasteiger partial charge in [0.1, 0.15) is 17.5 Å². The highest BCUT2D eigenvalue weighted by molar-refractivity contribution is 5.45. The normalized spacial score (nSPS) is 11.9. The number of hydrogen-bond donors (Lipinski definition) is 2. The number of aromatic nitrogens is 2. The van der Waals surface area contributed by atoms with Gasteiger partial charge in [0.15, 0.2) is 0 Å². The number of anilines is 2. The van der Waals surface area contributed by atoms with Gasteiger partial charge in [0.2, 0.25) is 0 Å². The molecule has 0 bridgehead atoms. The van der Waals surface area contributed by atoms with E-state index in [1.165, 1.54) is 0 Å². The zero-order chi connectivity index (χ0) is 11.6. The first-order chi connectivity index (χ1) is 6.79. The minimum absolute atomic E-state index is 0.0806. The van der Waals surface area contributed by atoms with Gasteiger partial charge in [-0.25, -0.2) is 9.97 Å². The Kier molecular flexibility index (Phi) is 3.17. The Morgan fingerprint density at radius 1 is 1.27 bits per heavy atom. The van der Waals surface area contributed by atoms with Gasteiger partial charge in [0.05, 0.1) is 0 Å². The Hall–Kier alpha value is -1.32. The molecule has 0 atom stereocenters. The van der Waals surface area contributed by atoms with Gasteiger partial charge < -0.3 is 11.1 Å². The van der Waals surface area contributed by atoms with Crippen molar-refractivity contribution >= 4 is 11.6 Å². The quantitative estimate of drug-likeness (QED) is 0.782. The van der Waals surface area contributed by atoms with Crippen molar-refractivity contribution in [3.63, 3.8) is 0 Å². The second-order valence-corrected chi connectivity index (χ2v) is 5.05. The SMILES string of the molecule is CC(C)Nc1cc(N)nc(C(C)(C)C)n1. The van der Waals surface area contributed by atoms with Crippen LogP contribution in [0.5, 0.6) is 0 Å². The monoisotopic (exact) mass is 208 g/mol. The fourth-order valence-corrected chi connectivity index (χ4v) is 1.17. The van der Waals surface area contributed by atoms with E-state index < -0.39 is 0 Å². The first-order valence-corrected chi connectivity index (χ1v) is 5.20. The molecule has 4 nitrogen and oxygen atoms in total. The average molecular weight is 208 g/mol. The van der Waals surface area contributed by atoms with Crippen LogP contribution in [0.1, 0.15) is 40.4 Å². The minimum Gasteiger partial charge on any atom is -0.384 e. The predicted molar refractivity (Wildman–Crippen MR) is 63.9 cm³/mol. The van der Waals surface area contributed by atoms with Gasteiger partial charge in [-0.1, -0.05) is 20.8 Å². The van der Waals surface area contributed by atoms with Crippen molar-refractivity contribution in [3.8, 4) is 0 Å². The summed E-state index contributed by atoms with van der Waals surface area (Å²) in [6.45, 7) is 10.3. The number of hydrogen-bond acceptors (Lipinski definition) is 4. The van der Waals surface area contributed by atoms with Crippen LogP contribution in [0.3, 0.4) is 0 Å². The fraction of sp³-hybridized carbons (Fsp3) is 0.636. The lowest BCUT2D eigenvalue weighted by atomic mass is 9.96. The summed E-state index contributed by atoms with van der Waals surface area (Å²) in [5.41, 5.74) is 5.66. The number of nitrogens with two attached hydrogens (primary N) is 1. The predicted octanol–water partition coefficient (Wildman–Crippen LogP) is 2.18. The molecule has 4 heteroatoms. The van der Waals surface area contributed by atoms with Gasteiger partial charge in [-0.05, 0) is 13.8 Å².